The number of primary amides is 1. The summed E-state index contributed by atoms with van der Waals surface area (Å²) in [5.41, 5.74) is 8.16. The van der Waals surface area contributed by atoms with Gasteiger partial charge in [-0.1, -0.05) is 12.1 Å². The van der Waals surface area contributed by atoms with Crippen LogP contribution < -0.4 is 21.1 Å². The van der Waals surface area contributed by atoms with Crippen molar-refractivity contribution in [3.63, 3.8) is 0 Å². The predicted octanol–water partition coefficient (Wildman–Crippen LogP) is 4.22. The first-order chi connectivity index (χ1) is 14.1. The Morgan fingerprint density at radius 1 is 0.862 bits per heavy atom. The van der Waals surface area contributed by atoms with Crippen LogP contribution in [0.3, 0.4) is 0 Å². The summed E-state index contributed by atoms with van der Waals surface area (Å²) in [6.07, 6.45) is 0. The van der Waals surface area contributed by atoms with Gasteiger partial charge in [-0.2, -0.15) is 4.98 Å². The van der Waals surface area contributed by atoms with Gasteiger partial charge in [0.25, 0.3) is 0 Å². The van der Waals surface area contributed by atoms with Gasteiger partial charge >= 0.3 is 0 Å². The van der Waals surface area contributed by atoms with Gasteiger partial charge in [0.05, 0.1) is 12.6 Å². The number of nitrogens with zero attached hydrogens (tertiary/aromatic N) is 2. The Morgan fingerprint density at radius 2 is 1.52 bits per heavy atom. The number of rotatable bonds is 6. The molecule has 4 aromatic rings. The van der Waals surface area contributed by atoms with Gasteiger partial charge in [0.2, 0.25) is 11.9 Å². The van der Waals surface area contributed by atoms with Crippen LogP contribution in [-0.4, -0.2) is 23.0 Å². The van der Waals surface area contributed by atoms with Crippen molar-refractivity contribution in [2.75, 3.05) is 17.7 Å². The Balaban J connectivity index is 1.67. The van der Waals surface area contributed by atoms with Crippen molar-refractivity contribution < 1.29 is 9.53 Å². The second kappa shape index (κ2) is 7.85. The Bertz CT molecular complexity index is 1160. The van der Waals surface area contributed by atoms with Gasteiger partial charge in [0, 0.05) is 22.3 Å². The number of aromatic nitrogens is 2. The third-order valence-corrected chi connectivity index (χ3v) is 4.38. The van der Waals surface area contributed by atoms with E-state index in [4.69, 9.17) is 10.5 Å². The minimum atomic E-state index is -0.468. The van der Waals surface area contributed by atoms with Crippen molar-refractivity contribution in [1.82, 2.24) is 9.97 Å². The number of carbonyl (C=O) groups is 1. The molecule has 4 N–H and O–H groups in total. The summed E-state index contributed by atoms with van der Waals surface area (Å²) in [4.78, 5) is 20.5. The lowest BCUT2D eigenvalue weighted by molar-refractivity contribution is 0.100. The topological polar surface area (TPSA) is 102 Å². The summed E-state index contributed by atoms with van der Waals surface area (Å²) in [5.74, 6) is 1.43. The second-order valence-electron chi connectivity index (χ2n) is 6.33. The Kier molecular flexibility index (Phi) is 4.94. The lowest BCUT2D eigenvalue weighted by Gasteiger charge is -2.12. The molecule has 0 aliphatic carbocycles. The van der Waals surface area contributed by atoms with E-state index < -0.39 is 5.91 Å². The number of nitrogens with one attached hydrogen (secondary N) is 2. The van der Waals surface area contributed by atoms with Crippen molar-refractivity contribution in [3.05, 3.63) is 78.4 Å². The first-order valence-electron chi connectivity index (χ1n) is 8.97. The standard InChI is InChI=1S/C22H19N5O2/c1-29-17-12-10-15(11-13-17)24-21-18-4-2-3-5-19(18)26-22(27-21)25-16-8-6-14(7-9-16)20(23)28/h2-13H,1H3,(H2,23,28)(H2,24,25,26,27). The van der Waals surface area contributed by atoms with Gasteiger partial charge in [0.1, 0.15) is 11.6 Å². The van der Waals surface area contributed by atoms with Gasteiger partial charge in [-0.05, 0) is 60.7 Å². The van der Waals surface area contributed by atoms with Crippen LogP contribution >= 0.6 is 0 Å². The molecular formula is C22H19N5O2. The zero-order valence-corrected chi connectivity index (χ0v) is 15.7. The smallest absolute Gasteiger partial charge is 0.248 e. The molecule has 0 saturated carbocycles. The monoisotopic (exact) mass is 385 g/mol. The van der Waals surface area contributed by atoms with E-state index in [2.05, 4.69) is 20.6 Å². The molecule has 3 aromatic carbocycles. The van der Waals surface area contributed by atoms with Gasteiger partial charge in [-0.15, -0.1) is 0 Å². The number of anilines is 4. The SMILES string of the molecule is COc1ccc(Nc2nc(Nc3ccc(C(N)=O)cc3)nc3ccccc23)cc1. The van der Waals surface area contributed by atoms with Crippen LogP contribution in [0.1, 0.15) is 10.4 Å². The van der Waals surface area contributed by atoms with Gasteiger partial charge < -0.3 is 21.1 Å². The number of nitrogens with two attached hydrogens (primary N) is 1. The summed E-state index contributed by atoms with van der Waals surface area (Å²) < 4.78 is 5.21. The number of para-hydroxylation sites is 1. The van der Waals surface area contributed by atoms with E-state index in [1.54, 1.807) is 31.4 Å². The average molecular weight is 385 g/mol. The quantitative estimate of drug-likeness (QED) is 0.459. The van der Waals surface area contributed by atoms with Crippen molar-refractivity contribution in [2.24, 2.45) is 5.73 Å². The van der Waals surface area contributed by atoms with Crippen LogP contribution in [-0.2, 0) is 0 Å². The Morgan fingerprint density at radius 3 is 2.21 bits per heavy atom. The van der Waals surface area contributed by atoms with Crippen LogP contribution in [0.25, 0.3) is 10.9 Å². The van der Waals surface area contributed by atoms with E-state index in [1.165, 1.54) is 0 Å². The average Bonchev–Trinajstić information content (AvgIpc) is 2.75. The molecule has 0 unspecified atom stereocenters. The molecule has 0 fully saturated rings. The molecule has 1 aromatic heterocycles. The molecule has 29 heavy (non-hydrogen) atoms. The van der Waals surface area contributed by atoms with Crippen LogP contribution in [0, 0.1) is 0 Å². The number of hydrogen-bond acceptors (Lipinski definition) is 6. The van der Waals surface area contributed by atoms with Crippen LogP contribution in [0.2, 0.25) is 0 Å². The minimum Gasteiger partial charge on any atom is -0.497 e. The van der Waals surface area contributed by atoms with E-state index in [0.717, 1.165) is 28.0 Å². The maximum Gasteiger partial charge on any atom is 0.248 e. The highest BCUT2D eigenvalue weighted by Crippen LogP contribution is 2.27. The highest BCUT2D eigenvalue weighted by Gasteiger charge is 2.09. The molecule has 144 valence electrons. The van der Waals surface area contributed by atoms with Gasteiger partial charge in [-0.25, -0.2) is 4.98 Å². The van der Waals surface area contributed by atoms with E-state index in [1.807, 2.05) is 48.5 Å². The van der Waals surface area contributed by atoms with E-state index in [-0.39, 0.29) is 0 Å². The first kappa shape index (κ1) is 18.2. The highest BCUT2D eigenvalue weighted by atomic mass is 16.5. The van der Waals surface area contributed by atoms with Crippen molar-refractivity contribution in [3.8, 4) is 5.75 Å². The molecule has 4 rings (SSSR count). The molecule has 0 aliphatic heterocycles. The normalized spacial score (nSPS) is 10.5. The number of hydrogen-bond donors (Lipinski definition) is 3. The third kappa shape index (κ3) is 4.08. The molecule has 7 heteroatoms. The van der Waals surface area contributed by atoms with Crippen LogP contribution in [0.15, 0.2) is 72.8 Å². The van der Waals surface area contributed by atoms with E-state index in [9.17, 15) is 4.79 Å². The van der Waals surface area contributed by atoms with Crippen LogP contribution in [0.4, 0.5) is 23.1 Å². The summed E-state index contributed by atoms with van der Waals surface area (Å²) in [5, 5.41) is 7.41. The Hall–Kier alpha value is -4.13. The molecule has 0 saturated heterocycles. The summed E-state index contributed by atoms with van der Waals surface area (Å²) in [7, 11) is 1.63. The van der Waals surface area contributed by atoms with Gasteiger partial charge in [0.15, 0.2) is 0 Å². The van der Waals surface area contributed by atoms with E-state index in [0.29, 0.717) is 17.3 Å². The van der Waals surface area contributed by atoms with Gasteiger partial charge in [-0.3, -0.25) is 4.79 Å². The molecular weight excluding hydrogens is 366 g/mol. The summed E-state index contributed by atoms with van der Waals surface area (Å²) in [6.45, 7) is 0. The molecule has 1 amide bonds. The fourth-order valence-electron chi connectivity index (χ4n) is 2.89. The Labute approximate surface area is 167 Å². The zero-order valence-electron chi connectivity index (χ0n) is 15.7. The maximum atomic E-state index is 11.2. The van der Waals surface area contributed by atoms with Crippen molar-refractivity contribution in [1.29, 1.82) is 0 Å². The van der Waals surface area contributed by atoms with Crippen molar-refractivity contribution >= 4 is 40.0 Å². The molecule has 0 radical (unpaired) electrons. The highest BCUT2D eigenvalue weighted by molar-refractivity contribution is 5.93. The lowest BCUT2D eigenvalue weighted by atomic mass is 10.2. The first-order valence-corrected chi connectivity index (χ1v) is 8.97. The minimum absolute atomic E-state index is 0.437. The second-order valence-corrected chi connectivity index (χ2v) is 6.33. The van der Waals surface area contributed by atoms with E-state index >= 15 is 0 Å². The number of methoxy groups -OCH3 is 1. The molecule has 0 bridgehead atoms. The number of benzene rings is 3. The summed E-state index contributed by atoms with van der Waals surface area (Å²) >= 11 is 0. The van der Waals surface area contributed by atoms with Crippen molar-refractivity contribution in [2.45, 2.75) is 0 Å². The third-order valence-electron chi connectivity index (χ3n) is 4.38. The number of ether oxygens (including phenoxy) is 1. The molecule has 1 heterocycles. The number of fused-ring (bicyclic) bond motifs is 1. The lowest BCUT2D eigenvalue weighted by Crippen LogP contribution is -2.10. The molecule has 0 atom stereocenters. The molecule has 0 aliphatic rings. The summed E-state index contributed by atoms with van der Waals surface area (Å²) in [6, 6.07) is 22.2. The predicted molar refractivity (Wildman–Crippen MR) is 114 cm³/mol. The largest absolute Gasteiger partial charge is 0.497 e. The maximum absolute atomic E-state index is 11.2. The zero-order chi connectivity index (χ0) is 20.2. The molecule has 7 nitrogen and oxygen atoms in total. The fourth-order valence-corrected chi connectivity index (χ4v) is 2.89. The fraction of sp³-hybridized carbons (Fsp3) is 0.0455. The van der Waals surface area contributed by atoms with Crippen LogP contribution in [0.5, 0.6) is 5.75 Å². The number of carbonyl (C=O) groups excluding carboxylic acids is 1. The molecule has 0 spiro atoms. The number of amides is 1.